The van der Waals surface area contributed by atoms with Crippen molar-refractivity contribution in [1.29, 1.82) is 0 Å². The van der Waals surface area contributed by atoms with Crippen LogP contribution in [0.3, 0.4) is 0 Å². The van der Waals surface area contributed by atoms with Crippen LogP contribution in [0.15, 0.2) is 133 Å². The fourth-order valence-electron chi connectivity index (χ4n) is 11.8. The first-order chi connectivity index (χ1) is 27.7. The molecule has 2 heteroatoms. The highest BCUT2D eigenvalue weighted by Gasteiger charge is 2.51. The molecule has 0 N–H and O–H groups in total. The largest absolute Gasteiger partial charge is 0.310 e. The van der Waals surface area contributed by atoms with Crippen LogP contribution in [0.1, 0.15) is 111 Å². The normalized spacial score (nSPS) is 17.3. The summed E-state index contributed by atoms with van der Waals surface area (Å²) in [7, 11) is 0. The summed E-state index contributed by atoms with van der Waals surface area (Å²) in [6.45, 7) is 24.4. The highest BCUT2D eigenvalue weighted by molar-refractivity contribution is 5.99. The molecule has 7 aromatic rings. The van der Waals surface area contributed by atoms with Crippen LogP contribution in [0.2, 0.25) is 0 Å². The molecule has 58 heavy (non-hydrogen) atoms. The van der Waals surface area contributed by atoms with Gasteiger partial charge in [0.05, 0.1) is 17.1 Å². The van der Waals surface area contributed by atoms with E-state index in [0.29, 0.717) is 0 Å². The highest BCUT2D eigenvalue weighted by atomic mass is 15.2. The number of hydrogen-bond acceptors (Lipinski definition) is 2. The molecular weight excluding hydrogens is 701 g/mol. The fourth-order valence-corrected chi connectivity index (χ4v) is 11.8. The molecule has 0 spiro atoms. The van der Waals surface area contributed by atoms with Gasteiger partial charge in [0.15, 0.2) is 0 Å². The molecule has 2 heterocycles. The lowest BCUT2D eigenvalue weighted by molar-refractivity contribution is 0.592. The second-order valence-corrected chi connectivity index (χ2v) is 19.5. The standard InChI is InChI=1S/C56H52N2/c1-33-34(2)49-39-31-45-47(58-46-27-18-17-24-40(46)53(3,4)41-25-19-26-42(52(41)58)54(45,5)6)32-44(39)56(9,10)51(49)50-48(33)38-29-28-37(30-43(38)55(50,7)8)57(35-20-13-11-14-21-35)36-22-15-12-16-23-36/h11-32H,1-10H3. The summed E-state index contributed by atoms with van der Waals surface area (Å²) in [4.78, 5) is 5.03. The van der Waals surface area contributed by atoms with E-state index in [1.165, 1.54) is 101 Å². The molecule has 0 radical (unpaired) electrons. The van der Waals surface area contributed by atoms with E-state index in [1.807, 2.05) is 0 Å². The smallest absolute Gasteiger partial charge is 0.0543 e. The predicted molar refractivity (Wildman–Crippen MR) is 245 cm³/mol. The molecule has 7 aromatic carbocycles. The molecule has 2 aliphatic carbocycles. The molecule has 4 aliphatic rings. The zero-order valence-corrected chi connectivity index (χ0v) is 35.6. The molecule has 0 amide bonds. The van der Waals surface area contributed by atoms with E-state index in [-0.39, 0.29) is 21.7 Å². The van der Waals surface area contributed by atoms with Gasteiger partial charge in [-0.05, 0) is 146 Å². The minimum Gasteiger partial charge on any atom is -0.310 e. The van der Waals surface area contributed by atoms with Gasteiger partial charge in [-0.3, -0.25) is 0 Å². The van der Waals surface area contributed by atoms with Crippen LogP contribution in [-0.2, 0) is 21.7 Å². The molecule has 11 rings (SSSR count). The molecule has 2 nitrogen and oxygen atoms in total. The highest BCUT2D eigenvalue weighted by Crippen LogP contribution is 2.65. The van der Waals surface area contributed by atoms with E-state index in [1.54, 1.807) is 0 Å². The summed E-state index contributed by atoms with van der Waals surface area (Å²) in [5.41, 5.74) is 26.7. The summed E-state index contributed by atoms with van der Waals surface area (Å²) in [6, 6.07) is 50.2. The molecule has 0 bridgehead atoms. The number of hydrogen-bond donors (Lipinski definition) is 0. The van der Waals surface area contributed by atoms with Gasteiger partial charge < -0.3 is 9.80 Å². The number of rotatable bonds is 3. The Bertz CT molecular complexity index is 2870. The van der Waals surface area contributed by atoms with E-state index < -0.39 is 0 Å². The second kappa shape index (κ2) is 11.4. The SMILES string of the molecule is Cc1c(C)c2c(c3c1-c1ccc(N(c4ccccc4)c4ccccc4)cc1C3(C)C)C(C)(C)c1cc3c(cc1-2)C(C)(C)c1cccc2c1N3c1ccccc1C2(C)C. The second-order valence-electron chi connectivity index (χ2n) is 19.5. The third-order valence-electron chi connectivity index (χ3n) is 15.0. The van der Waals surface area contributed by atoms with Crippen molar-refractivity contribution < 1.29 is 0 Å². The third-order valence-corrected chi connectivity index (χ3v) is 15.0. The van der Waals surface area contributed by atoms with Gasteiger partial charge in [-0.15, -0.1) is 0 Å². The zero-order valence-electron chi connectivity index (χ0n) is 35.6. The molecular formula is C56H52N2. The molecule has 0 atom stereocenters. The molecule has 0 aromatic heterocycles. The van der Waals surface area contributed by atoms with Gasteiger partial charge in [-0.25, -0.2) is 0 Å². The number of nitrogens with zero attached hydrogens (tertiary/aromatic N) is 2. The predicted octanol–water partition coefficient (Wildman–Crippen LogP) is 15.1. The molecule has 2 aliphatic heterocycles. The van der Waals surface area contributed by atoms with Gasteiger partial charge in [-0.2, -0.15) is 0 Å². The van der Waals surface area contributed by atoms with Crippen molar-refractivity contribution >= 4 is 34.1 Å². The van der Waals surface area contributed by atoms with Crippen LogP contribution in [0.5, 0.6) is 0 Å². The maximum absolute atomic E-state index is 2.63. The Morgan fingerprint density at radius 1 is 0.379 bits per heavy atom. The van der Waals surface area contributed by atoms with Gasteiger partial charge in [0.1, 0.15) is 0 Å². The van der Waals surface area contributed by atoms with Crippen molar-refractivity contribution in [3.63, 3.8) is 0 Å². The van der Waals surface area contributed by atoms with Crippen molar-refractivity contribution in [2.24, 2.45) is 0 Å². The summed E-state index contributed by atoms with van der Waals surface area (Å²) >= 11 is 0. The summed E-state index contributed by atoms with van der Waals surface area (Å²) < 4.78 is 0. The Labute approximate surface area is 344 Å². The van der Waals surface area contributed by atoms with Crippen molar-refractivity contribution in [2.45, 2.75) is 90.9 Å². The van der Waals surface area contributed by atoms with E-state index in [9.17, 15) is 0 Å². The van der Waals surface area contributed by atoms with Crippen LogP contribution in [0.25, 0.3) is 22.3 Å². The fraction of sp³-hybridized carbons (Fsp3) is 0.250. The first-order valence-corrected chi connectivity index (χ1v) is 21.1. The minimum absolute atomic E-state index is 0.104. The van der Waals surface area contributed by atoms with Crippen molar-refractivity contribution in [1.82, 2.24) is 0 Å². The molecule has 0 saturated heterocycles. The Kier molecular flexibility index (Phi) is 6.95. The van der Waals surface area contributed by atoms with Crippen molar-refractivity contribution in [3.8, 4) is 22.3 Å². The van der Waals surface area contributed by atoms with E-state index in [0.717, 1.165) is 11.4 Å². The van der Waals surface area contributed by atoms with E-state index in [2.05, 4.69) is 212 Å². The lowest BCUT2D eigenvalue weighted by atomic mass is 9.66. The summed E-state index contributed by atoms with van der Waals surface area (Å²) in [6.07, 6.45) is 0. The van der Waals surface area contributed by atoms with Gasteiger partial charge in [-0.1, -0.05) is 134 Å². The van der Waals surface area contributed by atoms with E-state index >= 15 is 0 Å². The van der Waals surface area contributed by atoms with Crippen LogP contribution in [0, 0.1) is 13.8 Å². The Hall–Kier alpha value is -5.86. The van der Waals surface area contributed by atoms with Gasteiger partial charge >= 0.3 is 0 Å². The maximum atomic E-state index is 2.63. The maximum Gasteiger partial charge on any atom is 0.0543 e. The van der Waals surface area contributed by atoms with Crippen LogP contribution in [0.4, 0.5) is 34.1 Å². The Morgan fingerprint density at radius 3 is 1.48 bits per heavy atom. The Balaban J connectivity index is 1.13. The first-order valence-electron chi connectivity index (χ1n) is 21.1. The number of benzene rings is 7. The number of fused-ring (bicyclic) bond motifs is 11. The van der Waals surface area contributed by atoms with E-state index in [4.69, 9.17) is 0 Å². The van der Waals surface area contributed by atoms with Gasteiger partial charge in [0.2, 0.25) is 0 Å². The summed E-state index contributed by atoms with van der Waals surface area (Å²) in [5.74, 6) is 0. The lowest BCUT2D eigenvalue weighted by Crippen LogP contribution is -2.38. The number of para-hydroxylation sites is 4. The monoisotopic (exact) mass is 752 g/mol. The zero-order chi connectivity index (χ0) is 40.3. The average Bonchev–Trinajstić information content (AvgIpc) is 3.58. The minimum atomic E-state index is -0.219. The Morgan fingerprint density at radius 2 is 0.879 bits per heavy atom. The summed E-state index contributed by atoms with van der Waals surface area (Å²) in [5, 5.41) is 0. The van der Waals surface area contributed by atoms with Crippen LogP contribution >= 0.6 is 0 Å². The third kappa shape index (κ3) is 4.28. The topological polar surface area (TPSA) is 6.48 Å². The van der Waals surface area contributed by atoms with Gasteiger partial charge in [0, 0.05) is 38.7 Å². The molecule has 0 unspecified atom stereocenters. The molecule has 0 fully saturated rings. The van der Waals surface area contributed by atoms with Crippen LogP contribution in [-0.4, -0.2) is 0 Å². The first kappa shape index (κ1) is 35.3. The molecule has 0 saturated carbocycles. The molecule has 286 valence electrons. The van der Waals surface area contributed by atoms with Crippen LogP contribution < -0.4 is 9.80 Å². The van der Waals surface area contributed by atoms with Crippen molar-refractivity contribution in [2.75, 3.05) is 9.80 Å². The quantitative estimate of drug-likeness (QED) is 0.177. The lowest BCUT2D eigenvalue weighted by Gasteiger charge is -2.49. The van der Waals surface area contributed by atoms with Gasteiger partial charge in [0.25, 0.3) is 0 Å². The number of anilines is 6. The van der Waals surface area contributed by atoms with Crippen molar-refractivity contribution in [3.05, 3.63) is 189 Å². The average molecular weight is 753 g/mol.